The molecule has 0 saturated heterocycles. The molecule has 0 aromatic rings. The lowest BCUT2D eigenvalue weighted by atomic mass is 10.4. The fraction of sp³-hybridized carbons (Fsp3) is 0.250. The largest absolute Gasteiger partial charge is 0.395 e. The van der Waals surface area contributed by atoms with Gasteiger partial charge in [0.1, 0.15) is 0 Å². The predicted molar refractivity (Wildman–Crippen MR) is 31.9 cm³/mol. The van der Waals surface area contributed by atoms with Gasteiger partial charge in [0, 0.05) is 6.92 Å². The quantitative estimate of drug-likeness (QED) is 0.383. The Morgan fingerprint density at radius 1 is 1.86 bits per heavy atom. The summed E-state index contributed by atoms with van der Waals surface area (Å²) in [5.41, 5.74) is 5.25. The fourth-order valence-corrected chi connectivity index (χ4v) is 0.273. The van der Waals surface area contributed by atoms with Crippen LogP contribution in [0.2, 0.25) is 0 Å². The molecule has 0 unspecified atom stereocenters. The third-order valence-electron chi connectivity index (χ3n) is 0.546. The zero-order chi connectivity index (χ0) is 5.86. The van der Waals surface area contributed by atoms with E-state index in [4.69, 9.17) is 5.73 Å². The van der Waals surface area contributed by atoms with Gasteiger partial charge in [-0.25, -0.2) is 0 Å². The van der Waals surface area contributed by atoms with Crippen LogP contribution >= 0.6 is 12.6 Å². The van der Waals surface area contributed by atoms with E-state index in [0.717, 1.165) is 0 Å². The zero-order valence-electron chi connectivity index (χ0n) is 4.01. The van der Waals surface area contributed by atoms with Gasteiger partial charge in [-0.2, -0.15) is 0 Å². The Labute approximate surface area is 47.8 Å². The second-order valence-corrected chi connectivity index (χ2v) is 1.40. The molecule has 0 aliphatic heterocycles. The van der Waals surface area contributed by atoms with E-state index in [0.29, 0.717) is 0 Å². The third kappa shape index (κ3) is 2.28. The molecule has 0 bridgehead atoms. The van der Waals surface area contributed by atoms with Crippen molar-refractivity contribution in [1.29, 1.82) is 0 Å². The fourth-order valence-electron chi connectivity index (χ4n) is 0.0909. The number of carbonyl (C=O) groups is 1. The second kappa shape index (κ2) is 2.69. The van der Waals surface area contributed by atoms with Crippen molar-refractivity contribution in [3.8, 4) is 0 Å². The molecule has 0 amide bonds. The Morgan fingerprint density at radius 2 is 2.29 bits per heavy atom. The van der Waals surface area contributed by atoms with Crippen LogP contribution in [0, 0.1) is 0 Å². The molecule has 0 fully saturated rings. The summed E-state index contributed by atoms with van der Waals surface area (Å²) >= 11 is 3.65. The monoisotopic (exact) mass is 117 g/mol. The van der Waals surface area contributed by atoms with Crippen molar-refractivity contribution >= 4 is 18.4 Å². The van der Waals surface area contributed by atoms with Crippen molar-refractivity contribution in [2.45, 2.75) is 6.92 Å². The Hall–Kier alpha value is -0.440. The second-order valence-electron chi connectivity index (χ2n) is 1.14. The van der Waals surface area contributed by atoms with E-state index in [1.165, 1.54) is 12.3 Å². The number of carbonyl (C=O) groups excluding carboxylic acids is 1. The highest BCUT2D eigenvalue weighted by Gasteiger charge is 1.90. The van der Waals surface area contributed by atoms with Crippen LogP contribution in [-0.2, 0) is 4.79 Å². The number of allylic oxidation sites excluding steroid dienone is 1. The maximum absolute atomic E-state index is 10.1. The summed E-state index contributed by atoms with van der Waals surface area (Å²) in [6.07, 6.45) is 0. The molecule has 2 N–H and O–H groups in total. The molecule has 7 heavy (non-hydrogen) atoms. The Kier molecular flexibility index (Phi) is 2.52. The van der Waals surface area contributed by atoms with Crippen LogP contribution in [0.4, 0.5) is 0 Å². The number of thiol groups is 1. The molecule has 0 spiro atoms. The van der Waals surface area contributed by atoms with Gasteiger partial charge in [0.25, 0.3) is 0 Å². The number of nitrogens with two attached hydrogens (primary N) is 1. The maximum atomic E-state index is 10.1. The Bertz CT molecular complexity index is 108. The molecular weight excluding hydrogens is 110 g/mol. The average Bonchev–Trinajstić information content (AvgIpc) is 1.65. The minimum atomic E-state index is -0.144. The first kappa shape index (κ1) is 6.56. The van der Waals surface area contributed by atoms with Crippen LogP contribution in [0.15, 0.2) is 11.1 Å². The van der Waals surface area contributed by atoms with Crippen molar-refractivity contribution in [3.05, 3.63) is 11.1 Å². The van der Waals surface area contributed by atoms with Crippen molar-refractivity contribution in [2.75, 3.05) is 0 Å². The lowest BCUT2D eigenvalue weighted by Gasteiger charge is -1.85. The molecule has 3 heteroatoms. The first-order valence-electron chi connectivity index (χ1n) is 1.79. The Balaban J connectivity index is 3.82. The van der Waals surface area contributed by atoms with E-state index in [2.05, 4.69) is 12.6 Å². The van der Waals surface area contributed by atoms with Gasteiger partial charge in [-0.1, -0.05) is 0 Å². The normalized spacial score (nSPS) is 11.4. The van der Waals surface area contributed by atoms with Crippen LogP contribution in [0.25, 0.3) is 0 Å². The minimum absolute atomic E-state index is 0.144. The molecule has 0 atom stereocenters. The zero-order valence-corrected chi connectivity index (χ0v) is 4.90. The van der Waals surface area contributed by atoms with Crippen LogP contribution < -0.4 is 5.73 Å². The molecule has 0 aliphatic rings. The minimum Gasteiger partial charge on any atom is -0.395 e. The summed E-state index contributed by atoms with van der Waals surface area (Å²) in [7, 11) is 0. The molecule has 0 aromatic heterocycles. The first-order valence-corrected chi connectivity index (χ1v) is 2.31. The molecule has 0 radical (unpaired) electrons. The summed E-state index contributed by atoms with van der Waals surface area (Å²) < 4.78 is 0. The van der Waals surface area contributed by atoms with E-state index in [1.807, 2.05) is 0 Å². The van der Waals surface area contributed by atoms with Crippen molar-refractivity contribution in [1.82, 2.24) is 0 Å². The van der Waals surface area contributed by atoms with Crippen LogP contribution in [-0.4, -0.2) is 5.78 Å². The highest BCUT2D eigenvalue weighted by atomic mass is 32.1. The van der Waals surface area contributed by atoms with E-state index in [9.17, 15) is 4.79 Å². The molecular formula is C4H7NOS. The molecule has 2 nitrogen and oxygen atoms in total. The van der Waals surface area contributed by atoms with E-state index < -0.39 is 0 Å². The lowest BCUT2D eigenvalue weighted by molar-refractivity contribution is -0.113. The summed E-state index contributed by atoms with van der Waals surface area (Å²) in [5, 5.41) is 1.28. The number of rotatable bonds is 1. The van der Waals surface area contributed by atoms with Gasteiger partial charge in [-0.15, -0.1) is 12.6 Å². The number of hydrogen-bond acceptors (Lipinski definition) is 3. The standard InChI is InChI=1S/C4H7NOS/c1-3(6)4(5)2-7/h2,7H,5H2,1H3/b4-2-. The Morgan fingerprint density at radius 3 is 2.29 bits per heavy atom. The maximum Gasteiger partial charge on any atom is 0.175 e. The number of hydrogen-bond donors (Lipinski definition) is 2. The molecule has 0 aliphatic carbocycles. The molecule has 40 valence electrons. The van der Waals surface area contributed by atoms with Crippen LogP contribution in [0.1, 0.15) is 6.92 Å². The predicted octanol–water partition coefficient (Wildman–Crippen LogP) is 0.305. The molecule has 0 rings (SSSR count). The van der Waals surface area contributed by atoms with Gasteiger partial charge in [0.15, 0.2) is 5.78 Å². The summed E-state index contributed by atoms with van der Waals surface area (Å²) in [4.78, 5) is 10.1. The van der Waals surface area contributed by atoms with Crippen molar-refractivity contribution in [2.24, 2.45) is 5.73 Å². The molecule has 0 aromatic carbocycles. The number of Topliss-reactive ketones (excluding diaryl/α,β-unsaturated/α-hetero) is 1. The average molecular weight is 117 g/mol. The molecule has 0 saturated carbocycles. The van der Waals surface area contributed by atoms with Gasteiger partial charge in [-0.3, -0.25) is 4.79 Å². The van der Waals surface area contributed by atoms with Crippen molar-refractivity contribution < 1.29 is 4.79 Å². The van der Waals surface area contributed by atoms with Gasteiger partial charge in [0.05, 0.1) is 5.70 Å². The highest BCUT2D eigenvalue weighted by molar-refractivity contribution is 7.83. The summed E-state index contributed by atoms with van der Waals surface area (Å²) in [6.45, 7) is 1.39. The van der Waals surface area contributed by atoms with Crippen LogP contribution in [0.5, 0.6) is 0 Å². The van der Waals surface area contributed by atoms with E-state index in [1.54, 1.807) is 0 Å². The van der Waals surface area contributed by atoms with Crippen LogP contribution in [0.3, 0.4) is 0 Å². The summed E-state index contributed by atoms with van der Waals surface area (Å²) in [5.74, 6) is -0.144. The van der Waals surface area contributed by atoms with Gasteiger partial charge < -0.3 is 5.73 Å². The lowest BCUT2D eigenvalue weighted by Crippen LogP contribution is -2.05. The number of ketones is 1. The third-order valence-corrected chi connectivity index (χ3v) is 0.824. The smallest absolute Gasteiger partial charge is 0.175 e. The van der Waals surface area contributed by atoms with Gasteiger partial charge in [0.2, 0.25) is 0 Å². The first-order chi connectivity index (χ1) is 3.18. The van der Waals surface area contributed by atoms with Gasteiger partial charge >= 0.3 is 0 Å². The molecule has 0 heterocycles. The topological polar surface area (TPSA) is 43.1 Å². The van der Waals surface area contributed by atoms with E-state index >= 15 is 0 Å². The van der Waals surface area contributed by atoms with Gasteiger partial charge in [-0.05, 0) is 5.41 Å². The summed E-state index contributed by atoms with van der Waals surface area (Å²) in [6, 6.07) is 0. The van der Waals surface area contributed by atoms with E-state index in [-0.39, 0.29) is 11.5 Å². The SMILES string of the molecule is CC(=O)/C(N)=C/S. The van der Waals surface area contributed by atoms with Crippen molar-refractivity contribution in [3.63, 3.8) is 0 Å². The highest BCUT2D eigenvalue weighted by Crippen LogP contribution is 1.86.